The number of carbonyl (C=O) groups excluding carboxylic acids is 1. The number of amides is 1. The van der Waals surface area contributed by atoms with E-state index in [2.05, 4.69) is 12.2 Å². The average molecular weight is 208 g/mol. The third kappa shape index (κ3) is 2.09. The summed E-state index contributed by atoms with van der Waals surface area (Å²) in [6.45, 7) is 2.07. The monoisotopic (exact) mass is 208 g/mol. The number of benzene rings is 1. The summed E-state index contributed by atoms with van der Waals surface area (Å²) in [6.07, 6.45) is 1.01. The minimum atomic E-state index is -0.427. The maximum absolute atomic E-state index is 12.7. The largest absolute Gasteiger partial charge is 0.398 e. The summed E-state index contributed by atoms with van der Waals surface area (Å²) < 4.78 is 12.7. The molecule has 0 saturated heterocycles. The molecule has 0 aliphatic heterocycles. The fraction of sp³-hybridized carbons (Fsp3) is 0.364. The van der Waals surface area contributed by atoms with Crippen molar-refractivity contribution in [3.8, 4) is 0 Å². The lowest BCUT2D eigenvalue weighted by Gasteiger charge is -2.06. The lowest BCUT2D eigenvalue weighted by molar-refractivity contribution is 0.0950. The molecule has 1 amide bonds. The second-order valence-electron chi connectivity index (χ2n) is 4.02. The van der Waals surface area contributed by atoms with E-state index in [4.69, 9.17) is 5.73 Å². The van der Waals surface area contributed by atoms with Crippen LogP contribution >= 0.6 is 0 Å². The number of nitrogens with one attached hydrogen (secondary N) is 1. The molecule has 2 rings (SSSR count). The van der Waals surface area contributed by atoms with Crippen molar-refractivity contribution >= 4 is 11.6 Å². The summed E-state index contributed by atoms with van der Waals surface area (Å²) >= 11 is 0. The molecule has 15 heavy (non-hydrogen) atoms. The van der Waals surface area contributed by atoms with Crippen molar-refractivity contribution in [3.63, 3.8) is 0 Å². The fourth-order valence-electron chi connectivity index (χ4n) is 1.51. The predicted octanol–water partition coefficient (Wildman–Crippen LogP) is 1.55. The molecule has 2 atom stereocenters. The molecule has 0 spiro atoms. The molecule has 80 valence electrons. The van der Waals surface area contributed by atoms with E-state index in [1.165, 1.54) is 12.1 Å². The van der Waals surface area contributed by atoms with Crippen molar-refractivity contribution in [2.45, 2.75) is 19.4 Å². The van der Waals surface area contributed by atoms with Gasteiger partial charge in [0.15, 0.2) is 0 Å². The molecule has 3 N–H and O–H groups in total. The van der Waals surface area contributed by atoms with Gasteiger partial charge in [-0.25, -0.2) is 4.39 Å². The van der Waals surface area contributed by atoms with Crippen LogP contribution in [0.3, 0.4) is 0 Å². The van der Waals surface area contributed by atoms with Gasteiger partial charge in [0.1, 0.15) is 5.82 Å². The first kappa shape index (κ1) is 9.96. The van der Waals surface area contributed by atoms with Gasteiger partial charge in [-0.15, -0.1) is 0 Å². The minimum absolute atomic E-state index is 0.181. The maximum Gasteiger partial charge on any atom is 0.253 e. The Balaban J connectivity index is 2.11. The van der Waals surface area contributed by atoms with Gasteiger partial charge >= 0.3 is 0 Å². The molecular formula is C11H13FN2O. The number of rotatable bonds is 2. The number of carbonyl (C=O) groups is 1. The van der Waals surface area contributed by atoms with Crippen molar-refractivity contribution in [3.05, 3.63) is 29.6 Å². The zero-order chi connectivity index (χ0) is 11.0. The Morgan fingerprint density at radius 2 is 2.27 bits per heavy atom. The highest BCUT2D eigenvalue weighted by atomic mass is 19.1. The number of nitrogen functional groups attached to an aromatic ring is 1. The van der Waals surface area contributed by atoms with Crippen molar-refractivity contribution in [1.82, 2.24) is 5.32 Å². The van der Waals surface area contributed by atoms with Gasteiger partial charge in [0, 0.05) is 11.7 Å². The first-order valence-corrected chi connectivity index (χ1v) is 4.94. The van der Waals surface area contributed by atoms with Gasteiger partial charge in [-0.1, -0.05) is 6.92 Å². The summed E-state index contributed by atoms with van der Waals surface area (Å²) in [5, 5.41) is 2.84. The van der Waals surface area contributed by atoms with E-state index in [-0.39, 0.29) is 17.6 Å². The topological polar surface area (TPSA) is 55.1 Å². The second kappa shape index (κ2) is 3.53. The number of nitrogens with two attached hydrogens (primary N) is 1. The molecule has 1 aromatic rings. The molecule has 1 aromatic carbocycles. The van der Waals surface area contributed by atoms with Crippen LogP contribution in [0.2, 0.25) is 0 Å². The molecule has 2 unspecified atom stereocenters. The molecule has 4 heteroatoms. The summed E-state index contributed by atoms with van der Waals surface area (Å²) in [5.74, 6) is -0.110. The Bertz CT molecular complexity index is 406. The van der Waals surface area contributed by atoms with E-state index in [0.717, 1.165) is 12.5 Å². The summed E-state index contributed by atoms with van der Waals surface area (Å²) in [7, 11) is 0. The average Bonchev–Trinajstić information content (AvgIpc) is 2.81. The van der Waals surface area contributed by atoms with Crippen LogP contribution in [0.15, 0.2) is 18.2 Å². The van der Waals surface area contributed by atoms with Crippen molar-refractivity contribution < 1.29 is 9.18 Å². The summed E-state index contributed by atoms with van der Waals surface area (Å²) in [4.78, 5) is 11.7. The van der Waals surface area contributed by atoms with Gasteiger partial charge in [0.05, 0.1) is 5.56 Å². The zero-order valence-corrected chi connectivity index (χ0v) is 8.46. The smallest absolute Gasteiger partial charge is 0.253 e. The summed E-state index contributed by atoms with van der Waals surface area (Å²) in [6, 6.07) is 4.06. The third-order valence-corrected chi connectivity index (χ3v) is 2.68. The Kier molecular flexibility index (Phi) is 2.34. The first-order valence-electron chi connectivity index (χ1n) is 4.94. The summed E-state index contributed by atoms with van der Waals surface area (Å²) in [5.41, 5.74) is 6.08. The van der Waals surface area contributed by atoms with Gasteiger partial charge < -0.3 is 11.1 Å². The Hall–Kier alpha value is -1.58. The van der Waals surface area contributed by atoms with E-state index in [1.807, 2.05) is 0 Å². The zero-order valence-electron chi connectivity index (χ0n) is 8.46. The molecule has 1 fully saturated rings. The highest BCUT2D eigenvalue weighted by molar-refractivity contribution is 5.99. The van der Waals surface area contributed by atoms with Crippen LogP contribution in [0.25, 0.3) is 0 Å². The number of halogens is 1. The van der Waals surface area contributed by atoms with Crippen molar-refractivity contribution in [1.29, 1.82) is 0 Å². The van der Waals surface area contributed by atoms with Gasteiger partial charge in [0.2, 0.25) is 0 Å². The SMILES string of the molecule is CC1CC1NC(=O)c1ccc(F)cc1N. The quantitative estimate of drug-likeness (QED) is 0.724. The number of hydrogen-bond acceptors (Lipinski definition) is 2. The second-order valence-corrected chi connectivity index (χ2v) is 4.02. The number of anilines is 1. The van der Waals surface area contributed by atoms with E-state index >= 15 is 0 Å². The van der Waals surface area contributed by atoms with Crippen LogP contribution in [-0.4, -0.2) is 11.9 Å². The van der Waals surface area contributed by atoms with Gasteiger partial charge in [-0.05, 0) is 30.5 Å². The van der Waals surface area contributed by atoms with Gasteiger partial charge in [0.25, 0.3) is 5.91 Å². The number of hydrogen-bond donors (Lipinski definition) is 2. The highest BCUT2D eigenvalue weighted by Crippen LogP contribution is 2.29. The molecule has 3 nitrogen and oxygen atoms in total. The fourth-order valence-corrected chi connectivity index (χ4v) is 1.51. The predicted molar refractivity (Wildman–Crippen MR) is 55.8 cm³/mol. The van der Waals surface area contributed by atoms with Crippen molar-refractivity contribution in [2.75, 3.05) is 5.73 Å². The molecule has 0 heterocycles. The molecule has 0 aromatic heterocycles. The molecule has 1 aliphatic rings. The standard InChI is InChI=1S/C11H13FN2O/c1-6-4-10(6)14-11(15)8-3-2-7(12)5-9(8)13/h2-3,5-6,10H,4,13H2,1H3,(H,14,15). The van der Waals surface area contributed by atoms with E-state index in [1.54, 1.807) is 0 Å². The van der Waals surface area contributed by atoms with Crippen LogP contribution in [0, 0.1) is 11.7 Å². The van der Waals surface area contributed by atoms with E-state index in [0.29, 0.717) is 11.5 Å². The lowest BCUT2D eigenvalue weighted by Crippen LogP contribution is -2.27. The highest BCUT2D eigenvalue weighted by Gasteiger charge is 2.34. The molecule has 1 aliphatic carbocycles. The van der Waals surface area contributed by atoms with Crippen LogP contribution in [-0.2, 0) is 0 Å². The third-order valence-electron chi connectivity index (χ3n) is 2.68. The normalized spacial score (nSPS) is 23.6. The van der Waals surface area contributed by atoms with Gasteiger partial charge in [-0.2, -0.15) is 0 Å². The molecule has 1 saturated carbocycles. The molecular weight excluding hydrogens is 195 g/mol. The Morgan fingerprint density at radius 1 is 1.60 bits per heavy atom. The van der Waals surface area contributed by atoms with Crippen LogP contribution in [0.5, 0.6) is 0 Å². The first-order chi connectivity index (χ1) is 7.08. The van der Waals surface area contributed by atoms with Crippen LogP contribution in [0.4, 0.5) is 10.1 Å². The Morgan fingerprint density at radius 3 is 2.80 bits per heavy atom. The van der Waals surface area contributed by atoms with Crippen molar-refractivity contribution in [2.24, 2.45) is 5.92 Å². The Labute approximate surface area is 87.5 Å². The minimum Gasteiger partial charge on any atom is -0.398 e. The van der Waals surface area contributed by atoms with E-state index in [9.17, 15) is 9.18 Å². The maximum atomic E-state index is 12.7. The molecule has 0 bridgehead atoms. The van der Waals surface area contributed by atoms with Crippen LogP contribution in [0.1, 0.15) is 23.7 Å². The van der Waals surface area contributed by atoms with Gasteiger partial charge in [-0.3, -0.25) is 4.79 Å². The van der Waals surface area contributed by atoms with Crippen LogP contribution < -0.4 is 11.1 Å². The lowest BCUT2D eigenvalue weighted by atomic mass is 10.1. The molecule has 0 radical (unpaired) electrons. The van der Waals surface area contributed by atoms with E-state index < -0.39 is 5.82 Å².